The lowest BCUT2D eigenvalue weighted by Crippen LogP contribution is -2.12. The van der Waals surface area contributed by atoms with E-state index in [-0.39, 0.29) is 33.2 Å². The van der Waals surface area contributed by atoms with E-state index in [0.717, 1.165) is 0 Å². The van der Waals surface area contributed by atoms with E-state index in [0.29, 0.717) is 20.8 Å². The zero-order valence-corrected chi connectivity index (χ0v) is 17.6. The van der Waals surface area contributed by atoms with Gasteiger partial charge in [-0.3, -0.25) is 4.72 Å². The molecule has 4 aromatic carbocycles. The Morgan fingerprint density at radius 2 is 1.43 bits per heavy atom. The predicted molar refractivity (Wildman–Crippen MR) is 120 cm³/mol. The summed E-state index contributed by atoms with van der Waals surface area (Å²) in [5.74, 6) is -0.200. The molecule has 5 nitrogen and oxygen atoms in total. The van der Waals surface area contributed by atoms with Crippen molar-refractivity contribution in [1.82, 2.24) is 0 Å². The first kappa shape index (κ1) is 20.3. The van der Waals surface area contributed by atoms with Gasteiger partial charge in [-0.05, 0) is 48.5 Å². The van der Waals surface area contributed by atoms with Crippen LogP contribution in [0.2, 0.25) is 10.0 Å². The van der Waals surface area contributed by atoms with Gasteiger partial charge in [0.25, 0.3) is 10.0 Å². The number of phenols is 2. The summed E-state index contributed by atoms with van der Waals surface area (Å²) in [4.78, 5) is 0.0399. The van der Waals surface area contributed by atoms with E-state index < -0.39 is 10.0 Å². The van der Waals surface area contributed by atoms with Gasteiger partial charge in [0.2, 0.25) is 0 Å². The molecule has 0 bridgehead atoms. The van der Waals surface area contributed by atoms with Crippen LogP contribution in [0.4, 0.5) is 5.69 Å². The van der Waals surface area contributed by atoms with Crippen LogP contribution in [0.5, 0.6) is 11.5 Å². The van der Waals surface area contributed by atoms with Crippen molar-refractivity contribution in [3.63, 3.8) is 0 Å². The Bertz CT molecular complexity index is 1370. The zero-order valence-electron chi connectivity index (χ0n) is 15.3. The van der Waals surface area contributed by atoms with E-state index in [1.165, 1.54) is 48.5 Å². The number of halogens is 2. The Morgan fingerprint density at radius 3 is 2.13 bits per heavy atom. The fourth-order valence-electron chi connectivity index (χ4n) is 3.16. The maximum absolute atomic E-state index is 12.7. The van der Waals surface area contributed by atoms with Crippen molar-refractivity contribution in [2.75, 3.05) is 4.72 Å². The first-order valence-corrected chi connectivity index (χ1v) is 11.0. The van der Waals surface area contributed by atoms with Gasteiger partial charge in [-0.25, -0.2) is 8.42 Å². The SMILES string of the molecule is O=S(=O)(Nc1ccc(O)c(-c2cc(Cl)c3ccccc3c2O)c1)c1ccc(Cl)cc1. The Kier molecular flexibility index (Phi) is 5.24. The maximum Gasteiger partial charge on any atom is 0.261 e. The molecule has 152 valence electrons. The molecule has 3 N–H and O–H groups in total. The van der Waals surface area contributed by atoms with Gasteiger partial charge in [0, 0.05) is 37.6 Å². The van der Waals surface area contributed by atoms with Crippen LogP contribution < -0.4 is 4.72 Å². The highest BCUT2D eigenvalue weighted by atomic mass is 35.5. The van der Waals surface area contributed by atoms with Crippen LogP contribution >= 0.6 is 23.2 Å². The number of rotatable bonds is 4. The summed E-state index contributed by atoms with van der Waals surface area (Å²) in [5, 5.41) is 23.1. The molecule has 4 rings (SSSR count). The molecule has 0 radical (unpaired) electrons. The molecule has 8 heteroatoms. The van der Waals surface area contributed by atoms with Crippen LogP contribution in [0.1, 0.15) is 0 Å². The second-order valence-corrected chi connectivity index (χ2v) is 9.12. The van der Waals surface area contributed by atoms with Crippen molar-refractivity contribution in [3.8, 4) is 22.6 Å². The van der Waals surface area contributed by atoms with Gasteiger partial charge in [-0.2, -0.15) is 0 Å². The van der Waals surface area contributed by atoms with Gasteiger partial charge in [-0.15, -0.1) is 0 Å². The number of hydrogen-bond acceptors (Lipinski definition) is 4. The van der Waals surface area contributed by atoms with E-state index in [9.17, 15) is 18.6 Å². The van der Waals surface area contributed by atoms with E-state index >= 15 is 0 Å². The Labute approximate surface area is 183 Å². The molecule has 0 aliphatic heterocycles. The van der Waals surface area contributed by atoms with E-state index in [1.807, 2.05) is 0 Å². The zero-order chi connectivity index (χ0) is 21.5. The number of anilines is 1. The van der Waals surface area contributed by atoms with Crippen molar-refractivity contribution in [1.29, 1.82) is 0 Å². The van der Waals surface area contributed by atoms with Crippen LogP contribution in [-0.4, -0.2) is 18.6 Å². The summed E-state index contributed by atoms with van der Waals surface area (Å²) in [6, 6.07) is 18.5. The molecule has 0 atom stereocenters. The molecule has 0 aliphatic carbocycles. The topological polar surface area (TPSA) is 86.6 Å². The van der Waals surface area contributed by atoms with Crippen LogP contribution in [0.25, 0.3) is 21.9 Å². The van der Waals surface area contributed by atoms with Crippen LogP contribution in [-0.2, 0) is 10.0 Å². The molecular weight excluding hydrogens is 445 g/mol. The minimum absolute atomic E-state index is 0.0399. The molecule has 0 fully saturated rings. The number of benzene rings is 4. The quantitative estimate of drug-likeness (QED) is 0.325. The molecule has 0 aliphatic rings. The van der Waals surface area contributed by atoms with Gasteiger partial charge >= 0.3 is 0 Å². The number of phenolic OH excluding ortho intramolecular Hbond substituents is 2. The maximum atomic E-state index is 12.7. The molecular formula is C22H15Cl2NO4S. The first-order chi connectivity index (χ1) is 14.3. The third-order valence-electron chi connectivity index (χ3n) is 4.63. The molecule has 4 aromatic rings. The summed E-state index contributed by atoms with van der Waals surface area (Å²) in [7, 11) is -3.87. The Morgan fingerprint density at radius 1 is 0.767 bits per heavy atom. The van der Waals surface area contributed by atoms with Gasteiger partial charge < -0.3 is 10.2 Å². The third kappa shape index (κ3) is 3.77. The highest BCUT2D eigenvalue weighted by Crippen LogP contribution is 2.43. The number of sulfonamides is 1. The summed E-state index contributed by atoms with van der Waals surface area (Å²) >= 11 is 12.2. The summed E-state index contributed by atoms with van der Waals surface area (Å²) < 4.78 is 27.8. The van der Waals surface area contributed by atoms with Crippen molar-refractivity contribution < 1.29 is 18.6 Å². The number of fused-ring (bicyclic) bond motifs is 1. The van der Waals surface area contributed by atoms with Crippen LogP contribution in [0.3, 0.4) is 0 Å². The molecule has 0 aromatic heterocycles. The average molecular weight is 460 g/mol. The van der Waals surface area contributed by atoms with Gasteiger partial charge in [0.1, 0.15) is 11.5 Å². The second-order valence-electron chi connectivity index (χ2n) is 6.59. The molecule has 0 amide bonds. The lowest BCUT2D eigenvalue weighted by atomic mass is 9.98. The van der Waals surface area contributed by atoms with E-state index in [2.05, 4.69) is 4.72 Å². The molecule has 0 spiro atoms. The van der Waals surface area contributed by atoms with E-state index in [1.54, 1.807) is 24.3 Å². The lowest BCUT2D eigenvalue weighted by molar-refractivity contribution is 0.472. The molecule has 0 unspecified atom stereocenters. The number of aromatic hydroxyl groups is 2. The van der Waals surface area contributed by atoms with Crippen LogP contribution in [0, 0.1) is 0 Å². The standard InChI is InChI=1S/C22H15Cl2NO4S/c23-13-5-8-15(9-6-13)30(28,29)25-14-7-10-21(26)18(11-14)19-12-20(24)16-3-1-2-4-17(16)22(19)27/h1-12,25-27H. The fraction of sp³-hybridized carbons (Fsp3) is 0. The van der Waals surface area contributed by atoms with E-state index in [4.69, 9.17) is 23.2 Å². The normalized spacial score (nSPS) is 11.5. The lowest BCUT2D eigenvalue weighted by Gasteiger charge is -2.14. The average Bonchev–Trinajstić information content (AvgIpc) is 2.72. The summed E-state index contributed by atoms with van der Waals surface area (Å²) in [6.45, 7) is 0. The molecule has 0 saturated carbocycles. The third-order valence-corrected chi connectivity index (χ3v) is 6.59. The smallest absolute Gasteiger partial charge is 0.261 e. The minimum Gasteiger partial charge on any atom is -0.507 e. The van der Waals surface area contributed by atoms with Crippen molar-refractivity contribution in [2.45, 2.75) is 4.90 Å². The van der Waals surface area contributed by atoms with Gasteiger partial charge in [0.05, 0.1) is 4.90 Å². The minimum atomic E-state index is -3.87. The van der Waals surface area contributed by atoms with Crippen molar-refractivity contribution in [2.24, 2.45) is 0 Å². The first-order valence-electron chi connectivity index (χ1n) is 8.78. The Hall–Kier alpha value is -2.93. The molecule has 30 heavy (non-hydrogen) atoms. The number of hydrogen-bond donors (Lipinski definition) is 3. The van der Waals surface area contributed by atoms with Gasteiger partial charge in [0.15, 0.2) is 0 Å². The second kappa shape index (κ2) is 7.72. The summed E-state index contributed by atoms with van der Waals surface area (Å²) in [6.07, 6.45) is 0. The van der Waals surface area contributed by atoms with Gasteiger partial charge in [-0.1, -0.05) is 47.5 Å². The Balaban J connectivity index is 1.79. The summed E-state index contributed by atoms with van der Waals surface area (Å²) in [5.41, 5.74) is 0.724. The largest absolute Gasteiger partial charge is 0.507 e. The van der Waals surface area contributed by atoms with Crippen LogP contribution in [0.15, 0.2) is 77.7 Å². The predicted octanol–water partition coefficient (Wildman–Crippen LogP) is 6.03. The monoisotopic (exact) mass is 459 g/mol. The number of nitrogens with one attached hydrogen (secondary N) is 1. The fourth-order valence-corrected chi connectivity index (χ4v) is 4.61. The van der Waals surface area contributed by atoms with Crippen molar-refractivity contribution in [3.05, 3.63) is 82.8 Å². The van der Waals surface area contributed by atoms with Crippen molar-refractivity contribution >= 4 is 49.7 Å². The molecule has 0 saturated heterocycles. The highest BCUT2D eigenvalue weighted by molar-refractivity contribution is 7.92. The molecule has 0 heterocycles. The highest BCUT2D eigenvalue weighted by Gasteiger charge is 2.18.